The molecule has 1 amide bonds. The lowest BCUT2D eigenvalue weighted by Crippen LogP contribution is -2.27. The number of carbonyl (C=O) groups is 2. The molecule has 0 aliphatic rings. The van der Waals surface area contributed by atoms with Crippen molar-refractivity contribution in [3.05, 3.63) is 87.3 Å². The highest BCUT2D eigenvalue weighted by molar-refractivity contribution is 5.94. The summed E-state index contributed by atoms with van der Waals surface area (Å²) in [6, 6.07) is 13.7. The molecule has 174 valence electrons. The summed E-state index contributed by atoms with van der Waals surface area (Å²) in [7, 11) is 0. The van der Waals surface area contributed by atoms with Crippen molar-refractivity contribution in [3.8, 4) is 11.8 Å². The molecule has 11 heteroatoms. The molecule has 0 fully saturated rings. The molecule has 3 rings (SSSR count). The normalized spacial score (nSPS) is 10.9. The molecule has 0 saturated heterocycles. The summed E-state index contributed by atoms with van der Waals surface area (Å²) in [5.74, 6) is -1.89. The predicted molar refractivity (Wildman–Crippen MR) is 114 cm³/mol. The van der Waals surface area contributed by atoms with Gasteiger partial charge in [-0.25, -0.2) is 9.48 Å². The SMILES string of the molecule is Cc1cc(=O)c(C(=O)OCC(=O)Nc2ccc(CC#N)cc2)nn1-c1cccc(C(F)(F)F)c1. The van der Waals surface area contributed by atoms with Gasteiger partial charge in [0.1, 0.15) is 0 Å². The highest BCUT2D eigenvalue weighted by atomic mass is 19.4. The highest BCUT2D eigenvalue weighted by Gasteiger charge is 2.30. The smallest absolute Gasteiger partial charge is 0.416 e. The van der Waals surface area contributed by atoms with E-state index in [1.165, 1.54) is 19.1 Å². The molecule has 0 aliphatic heterocycles. The predicted octanol–water partition coefficient (Wildman–Crippen LogP) is 3.42. The number of aromatic nitrogens is 2. The first-order valence-electron chi connectivity index (χ1n) is 9.80. The van der Waals surface area contributed by atoms with Crippen LogP contribution in [0, 0.1) is 18.3 Å². The summed E-state index contributed by atoms with van der Waals surface area (Å²) in [5.41, 5.74) is -1.07. The summed E-state index contributed by atoms with van der Waals surface area (Å²) in [4.78, 5) is 36.7. The molecule has 0 bridgehead atoms. The van der Waals surface area contributed by atoms with Crippen LogP contribution in [0.25, 0.3) is 5.69 Å². The number of nitrogens with zero attached hydrogens (tertiary/aromatic N) is 3. The maximum Gasteiger partial charge on any atom is 0.416 e. The Morgan fingerprint density at radius 3 is 2.50 bits per heavy atom. The molecule has 34 heavy (non-hydrogen) atoms. The summed E-state index contributed by atoms with van der Waals surface area (Å²) in [6.45, 7) is 0.719. The number of ether oxygens (including phenoxy) is 1. The number of alkyl halides is 3. The summed E-state index contributed by atoms with van der Waals surface area (Å²) in [6.07, 6.45) is -4.37. The van der Waals surface area contributed by atoms with Crippen molar-refractivity contribution in [2.75, 3.05) is 11.9 Å². The topological polar surface area (TPSA) is 114 Å². The second kappa shape index (κ2) is 9.99. The van der Waals surface area contributed by atoms with Crippen molar-refractivity contribution in [1.82, 2.24) is 9.78 Å². The van der Waals surface area contributed by atoms with Crippen molar-refractivity contribution in [2.24, 2.45) is 0 Å². The van der Waals surface area contributed by atoms with E-state index in [0.717, 1.165) is 28.4 Å². The molecule has 8 nitrogen and oxygen atoms in total. The van der Waals surface area contributed by atoms with Gasteiger partial charge in [-0.15, -0.1) is 0 Å². The van der Waals surface area contributed by atoms with Gasteiger partial charge in [-0.05, 0) is 42.8 Å². The Labute approximate surface area is 191 Å². The molecule has 3 aromatic rings. The minimum absolute atomic E-state index is 0.0148. The van der Waals surface area contributed by atoms with Crippen LogP contribution < -0.4 is 10.7 Å². The lowest BCUT2D eigenvalue weighted by atomic mass is 10.1. The second-order valence-corrected chi connectivity index (χ2v) is 7.11. The largest absolute Gasteiger partial charge is 0.451 e. The number of carbonyl (C=O) groups excluding carboxylic acids is 2. The zero-order valence-corrected chi connectivity index (χ0v) is 17.7. The van der Waals surface area contributed by atoms with E-state index in [1.54, 1.807) is 24.3 Å². The van der Waals surface area contributed by atoms with Crippen LogP contribution in [0.4, 0.5) is 18.9 Å². The average molecular weight is 470 g/mol. The van der Waals surface area contributed by atoms with Crippen LogP contribution in [-0.2, 0) is 22.1 Å². The lowest BCUT2D eigenvalue weighted by molar-refractivity contribution is -0.137. The standard InChI is InChI=1S/C23H17F3N4O4/c1-14-11-19(31)21(29-30(14)18-4-2-3-16(12-18)23(24,25)26)22(33)34-13-20(32)28-17-7-5-15(6-8-17)9-10-27/h2-8,11-12H,9,13H2,1H3,(H,28,32). The fourth-order valence-electron chi connectivity index (χ4n) is 2.96. The molecule has 1 heterocycles. The third kappa shape index (κ3) is 5.86. The van der Waals surface area contributed by atoms with Crippen molar-refractivity contribution >= 4 is 17.6 Å². The number of benzene rings is 2. The molecule has 0 radical (unpaired) electrons. The quantitative estimate of drug-likeness (QED) is 0.553. The van der Waals surface area contributed by atoms with Gasteiger partial charge >= 0.3 is 12.1 Å². The number of amides is 1. The number of halogens is 3. The third-order valence-corrected chi connectivity index (χ3v) is 4.57. The number of nitriles is 1. The zero-order chi connectivity index (χ0) is 24.9. The van der Waals surface area contributed by atoms with Gasteiger partial charge in [-0.3, -0.25) is 9.59 Å². The number of anilines is 1. The molecule has 2 aromatic carbocycles. The summed E-state index contributed by atoms with van der Waals surface area (Å²) >= 11 is 0. The van der Waals surface area contributed by atoms with E-state index in [2.05, 4.69) is 10.4 Å². The van der Waals surface area contributed by atoms with E-state index in [4.69, 9.17) is 10.00 Å². The van der Waals surface area contributed by atoms with Crippen LogP contribution in [0.3, 0.4) is 0 Å². The second-order valence-electron chi connectivity index (χ2n) is 7.11. The fourth-order valence-corrected chi connectivity index (χ4v) is 2.96. The van der Waals surface area contributed by atoms with Crippen LogP contribution in [0.15, 0.2) is 59.4 Å². The molecular formula is C23H17F3N4O4. The first-order valence-corrected chi connectivity index (χ1v) is 9.80. The number of hydrogen-bond donors (Lipinski definition) is 1. The third-order valence-electron chi connectivity index (χ3n) is 4.57. The van der Waals surface area contributed by atoms with Gasteiger partial charge in [0.2, 0.25) is 11.1 Å². The van der Waals surface area contributed by atoms with E-state index in [0.29, 0.717) is 5.69 Å². The van der Waals surface area contributed by atoms with E-state index >= 15 is 0 Å². The van der Waals surface area contributed by atoms with Gasteiger partial charge in [0, 0.05) is 17.4 Å². The molecule has 0 spiro atoms. The van der Waals surface area contributed by atoms with Crippen LogP contribution in [-0.4, -0.2) is 28.3 Å². The minimum Gasteiger partial charge on any atom is -0.451 e. The van der Waals surface area contributed by atoms with Gasteiger partial charge in [0.25, 0.3) is 5.91 Å². The molecule has 0 atom stereocenters. The maximum atomic E-state index is 13.0. The van der Waals surface area contributed by atoms with Crippen LogP contribution >= 0.6 is 0 Å². The van der Waals surface area contributed by atoms with E-state index in [1.807, 2.05) is 6.07 Å². The van der Waals surface area contributed by atoms with Crippen molar-refractivity contribution < 1.29 is 27.5 Å². The summed E-state index contributed by atoms with van der Waals surface area (Å²) in [5, 5.41) is 15.0. The molecule has 1 N–H and O–H groups in total. The Bertz CT molecular complexity index is 1330. The number of rotatable bonds is 6. The van der Waals surface area contributed by atoms with Crippen molar-refractivity contribution in [1.29, 1.82) is 5.26 Å². The first kappa shape index (κ1) is 24.2. The maximum absolute atomic E-state index is 13.0. The molecule has 1 aromatic heterocycles. The summed E-state index contributed by atoms with van der Waals surface area (Å²) < 4.78 is 45.0. The van der Waals surface area contributed by atoms with E-state index in [9.17, 15) is 27.6 Å². The first-order chi connectivity index (χ1) is 16.1. The Hall–Kier alpha value is -4.46. The van der Waals surface area contributed by atoms with Gasteiger partial charge in [0.05, 0.1) is 23.7 Å². The minimum atomic E-state index is -4.59. The van der Waals surface area contributed by atoms with E-state index < -0.39 is 41.3 Å². The number of nitrogens with one attached hydrogen (secondary N) is 1. The van der Waals surface area contributed by atoms with Crippen LogP contribution in [0.5, 0.6) is 0 Å². The molecule has 0 unspecified atom stereocenters. The molecule has 0 aliphatic carbocycles. The zero-order valence-electron chi connectivity index (χ0n) is 17.7. The lowest BCUT2D eigenvalue weighted by Gasteiger charge is -2.13. The Kier molecular flexibility index (Phi) is 7.11. The number of aryl methyl sites for hydroxylation is 1. The van der Waals surface area contributed by atoms with E-state index in [-0.39, 0.29) is 17.8 Å². The highest BCUT2D eigenvalue weighted by Crippen LogP contribution is 2.30. The van der Waals surface area contributed by atoms with Gasteiger partial charge in [0.15, 0.2) is 6.61 Å². The van der Waals surface area contributed by atoms with Crippen LogP contribution in [0.1, 0.15) is 27.3 Å². The van der Waals surface area contributed by atoms with Gasteiger partial charge in [-0.1, -0.05) is 18.2 Å². The van der Waals surface area contributed by atoms with Crippen molar-refractivity contribution in [3.63, 3.8) is 0 Å². The number of hydrogen-bond acceptors (Lipinski definition) is 6. The Morgan fingerprint density at radius 2 is 1.85 bits per heavy atom. The van der Waals surface area contributed by atoms with Crippen molar-refractivity contribution in [2.45, 2.75) is 19.5 Å². The number of esters is 1. The average Bonchev–Trinajstić information content (AvgIpc) is 2.78. The van der Waals surface area contributed by atoms with Gasteiger partial charge < -0.3 is 10.1 Å². The monoisotopic (exact) mass is 470 g/mol. The van der Waals surface area contributed by atoms with Crippen LogP contribution in [0.2, 0.25) is 0 Å². The molecule has 0 saturated carbocycles. The Morgan fingerprint density at radius 1 is 1.15 bits per heavy atom. The van der Waals surface area contributed by atoms with Gasteiger partial charge in [-0.2, -0.15) is 23.5 Å². The fraction of sp³-hybridized carbons (Fsp3) is 0.174. The molecular weight excluding hydrogens is 453 g/mol. The Balaban J connectivity index is 1.73.